The Kier molecular flexibility index (Phi) is 3.89. The number of benzene rings is 1. The molecule has 0 radical (unpaired) electrons. The molecular weight excluding hydrogens is 274 g/mol. The molecule has 0 saturated carbocycles. The van der Waals surface area contributed by atoms with Crippen LogP contribution in [0.3, 0.4) is 0 Å². The fourth-order valence-corrected chi connectivity index (χ4v) is 3.69. The smallest absolute Gasteiger partial charge is 0.0926 e. The number of rotatable bonds is 2. The molecule has 0 aliphatic carbocycles. The Morgan fingerprint density at radius 3 is 2.82 bits per heavy atom. The van der Waals surface area contributed by atoms with Gasteiger partial charge in [0.2, 0.25) is 0 Å². The van der Waals surface area contributed by atoms with Crippen LogP contribution >= 0.6 is 0 Å². The van der Waals surface area contributed by atoms with Gasteiger partial charge < -0.3 is 10.1 Å². The average Bonchev–Trinajstić information content (AvgIpc) is 2.99. The van der Waals surface area contributed by atoms with E-state index in [1.807, 2.05) is 0 Å². The largest absolute Gasteiger partial charge is 0.381 e. The number of nitrogens with zero attached hydrogens (tertiary/aromatic N) is 2. The SMILES string of the molecule is C[C@H]1CC[C@H](c2ccc3cn(C4CCOCC4)nc3c2)NC1. The van der Waals surface area contributed by atoms with Crippen molar-refractivity contribution in [2.45, 2.75) is 44.7 Å². The van der Waals surface area contributed by atoms with Gasteiger partial charge in [-0.05, 0) is 49.8 Å². The second-order valence-electron chi connectivity index (χ2n) is 6.91. The van der Waals surface area contributed by atoms with E-state index >= 15 is 0 Å². The third-order valence-electron chi connectivity index (χ3n) is 5.18. The summed E-state index contributed by atoms with van der Waals surface area (Å²) in [5.41, 5.74) is 2.51. The van der Waals surface area contributed by atoms with Crippen molar-refractivity contribution < 1.29 is 4.74 Å². The van der Waals surface area contributed by atoms with Gasteiger partial charge in [-0.25, -0.2) is 0 Å². The van der Waals surface area contributed by atoms with Gasteiger partial charge in [0.05, 0.1) is 11.6 Å². The van der Waals surface area contributed by atoms with Crippen LogP contribution in [0.1, 0.15) is 50.3 Å². The Balaban J connectivity index is 1.58. The fourth-order valence-electron chi connectivity index (χ4n) is 3.69. The second-order valence-corrected chi connectivity index (χ2v) is 6.91. The Labute approximate surface area is 131 Å². The van der Waals surface area contributed by atoms with Gasteiger partial charge in [0, 0.05) is 30.8 Å². The number of nitrogens with one attached hydrogen (secondary N) is 1. The van der Waals surface area contributed by atoms with E-state index in [1.165, 1.54) is 23.8 Å². The quantitative estimate of drug-likeness (QED) is 0.923. The predicted molar refractivity (Wildman–Crippen MR) is 88.0 cm³/mol. The highest BCUT2D eigenvalue weighted by molar-refractivity contribution is 5.78. The lowest BCUT2D eigenvalue weighted by atomic mass is 9.92. The van der Waals surface area contributed by atoms with Crippen LogP contribution < -0.4 is 5.32 Å². The minimum atomic E-state index is 0.494. The van der Waals surface area contributed by atoms with Gasteiger partial charge in [0.1, 0.15) is 0 Å². The van der Waals surface area contributed by atoms with Crippen LogP contribution in [0, 0.1) is 5.92 Å². The lowest BCUT2D eigenvalue weighted by Gasteiger charge is -2.28. The predicted octanol–water partition coefficient (Wildman–Crippen LogP) is 3.45. The van der Waals surface area contributed by atoms with Crippen molar-refractivity contribution in [2.24, 2.45) is 5.92 Å². The molecule has 2 atom stereocenters. The van der Waals surface area contributed by atoms with Gasteiger partial charge in [0.25, 0.3) is 0 Å². The highest BCUT2D eigenvalue weighted by Crippen LogP contribution is 2.29. The lowest BCUT2D eigenvalue weighted by Crippen LogP contribution is -2.31. The third-order valence-corrected chi connectivity index (χ3v) is 5.18. The molecule has 2 aliphatic rings. The van der Waals surface area contributed by atoms with E-state index in [2.05, 4.69) is 41.3 Å². The maximum atomic E-state index is 5.45. The molecule has 22 heavy (non-hydrogen) atoms. The fraction of sp³-hybridized carbons (Fsp3) is 0.611. The zero-order chi connectivity index (χ0) is 14.9. The first-order valence-corrected chi connectivity index (χ1v) is 8.59. The van der Waals surface area contributed by atoms with Gasteiger partial charge in [-0.2, -0.15) is 5.10 Å². The Morgan fingerprint density at radius 2 is 2.05 bits per heavy atom. The van der Waals surface area contributed by atoms with E-state index in [0.717, 1.165) is 44.0 Å². The van der Waals surface area contributed by atoms with E-state index in [-0.39, 0.29) is 0 Å². The molecule has 0 amide bonds. The first kappa shape index (κ1) is 14.2. The first-order chi connectivity index (χ1) is 10.8. The summed E-state index contributed by atoms with van der Waals surface area (Å²) in [4.78, 5) is 0. The van der Waals surface area contributed by atoms with Crippen LogP contribution in [0.25, 0.3) is 10.9 Å². The Hall–Kier alpha value is -1.39. The van der Waals surface area contributed by atoms with Gasteiger partial charge in [-0.15, -0.1) is 0 Å². The molecule has 1 aromatic carbocycles. The molecule has 118 valence electrons. The van der Waals surface area contributed by atoms with Crippen LogP contribution in [-0.4, -0.2) is 29.5 Å². The van der Waals surface area contributed by atoms with Crippen LogP contribution in [0.4, 0.5) is 0 Å². The Bertz CT molecular complexity index is 637. The molecule has 0 bridgehead atoms. The number of ether oxygens (including phenoxy) is 1. The minimum Gasteiger partial charge on any atom is -0.381 e. The summed E-state index contributed by atoms with van der Waals surface area (Å²) in [5, 5.41) is 9.76. The molecule has 4 rings (SSSR count). The van der Waals surface area contributed by atoms with E-state index in [0.29, 0.717) is 12.1 Å². The standard InChI is InChI=1S/C18H25N3O/c1-13-2-5-17(19-11-13)14-3-4-15-12-21(20-18(15)10-14)16-6-8-22-9-7-16/h3-4,10,12-13,16-17,19H,2,5-9,11H2,1H3/t13-,17+/m0/s1. The summed E-state index contributed by atoms with van der Waals surface area (Å²) >= 11 is 0. The average molecular weight is 299 g/mol. The summed E-state index contributed by atoms with van der Waals surface area (Å²) < 4.78 is 7.61. The summed E-state index contributed by atoms with van der Waals surface area (Å²) in [6, 6.07) is 7.77. The molecule has 0 spiro atoms. The van der Waals surface area contributed by atoms with Crippen LogP contribution in [-0.2, 0) is 4.74 Å². The maximum Gasteiger partial charge on any atom is 0.0926 e. The molecule has 2 fully saturated rings. The van der Waals surface area contributed by atoms with E-state index < -0.39 is 0 Å². The van der Waals surface area contributed by atoms with E-state index in [9.17, 15) is 0 Å². The lowest BCUT2D eigenvalue weighted by molar-refractivity contribution is 0.0664. The molecule has 2 saturated heterocycles. The molecule has 2 aliphatic heterocycles. The molecule has 1 aromatic heterocycles. The third kappa shape index (κ3) is 2.77. The zero-order valence-corrected chi connectivity index (χ0v) is 13.3. The van der Waals surface area contributed by atoms with Crippen molar-refractivity contribution in [1.29, 1.82) is 0 Å². The second kappa shape index (κ2) is 6.01. The van der Waals surface area contributed by atoms with Crippen molar-refractivity contribution in [2.75, 3.05) is 19.8 Å². The van der Waals surface area contributed by atoms with Gasteiger partial charge in [0.15, 0.2) is 0 Å². The van der Waals surface area contributed by atoms with Crippen molar-refractivity contribution in [3.05, 3.63) is 30.0 Å². The number of hydrogen-bond donors (Lipinski definition) is 1. The highest BCUT2D eigenvalue weighted by atomic mass is 16.5. The van der Waals surface area contributed by atoms with Crippen molar-refractivity contribution >= 4 is 10.9 Å². The van der Waals surface area contributed by atoms with Crippen molar-refractivity contribution in [3.8, 4) is 0 Å². The van der Waals surface area contributed by atoms with Crippen LogP contribution in [0.5, 0.6) is 0 Å². The molecule has 0 unspecified atom stereocenters. The van der Waals surface area contributed by atoms with E-state index in [4.69, 9.17) is 9.84 Å². The molecule has 4 heteroatoms. The minimum absolute atomic E-state index is 0.494. The van der Waals surface area contributed by atoms with Gasteiger partial charge in [-0.1, -0.05) is 19.1 Å². The number of fused-ring (bicyclic) bond motifs is 1. The monoisotopic (exact) mass is 299 g/mol. The normalized spacial score (nSPS) is 27.3. The van der Waals surface area contributed by atoms with Gasteiger partial charge in [-0.3, -0.25) is 4.68 Å². The molecule has 4 nitrogen and oxygen atoms in total. The number of piperidine rings is 1. The van der Waals surface area contributed by atoms with Crippen molar-refractivity contribution in [3.63, 3.8) is 0 Å². The first-order valence-electron chi connectivity index (χ1n) is 8.59. The summed E-state index contributed by atoms with van der Waals surface area (Å²) in [7, 11) is 0. The van der Waals surface area contributed by atoms with Crippen molar-refractivity contribution in [1.82, 2.24) is 15.1 Å². The number of aromatic nitrogens is 2. The van der Waals surface area contributed by atoms with Crippen LogP contribution in [0.2, 0.25) is 0 Å². The maximum absolute atomic E-state index is 5.45. The zero-order valence-electron chi connectivity index (χ0n) is 13.3. The summed E-state index contributed by atoms with van der Waals surface area (Å²) in [6.45, 7) is 5.16. The molecule has 3 heterocycles. The molecule has 2 aromatic rings. The van der Waals surface area contributed by atoms with E-state index in [1.54, 1.807) is 0 Å². The highest BCUT2D eigenvalue weighted by Gasteiger charge is 2.20. The van der Waals surface area contributed by atoms with Gasteiger partial charge >= 0.3 is 0 Å². The summed E-state index contributed by atoms with van der Waals surface area (Å²) in [6.07, 6.45) is 6.89. The van der Waals surface area contributed by atoms with Crippen LogP contribution in [0.15, 0.2) is 24.4 Å². The molecular formula is C18H25N3O. The summed E-state index contributed by atoms with van der Waals surface area (Å²) in [5.74, 6) is 0.799. The molecule has 1 N–H and O–H groups in total. The topological polar surface area (TPSA) is 39.1 Å². The Morgan fingerprint density at radius 1 is 1.18 bits per heavy atom. The number of hydrogen-bond acceptors (Lipinski definition) is 3.